The average molecular weight is 529 g/mol. The molecule has 0 aliphatic carbocycles. The zero-order valence-corrected chi connectivity index (χ0v) is 20.0. The molecule has 0 atom stereocenters. The number of hydrogen-bond donors (Lipinski definition) is 1. The van der Waals surface area contributed by atoms with Crippen molar-refractivity contribution in [2.24, 2.45) is 0 Å². The molecular formula is C24H21BrN2O7. The van der Waals surface area contributed by atoms with Crippen molar-refractivity contribution in [3.8, 4) is 11.5 Å². The number of hydrogen-bond acceptors (Lipinski definition) is 7. The molecule has 3 rings (SSSR count). The van der Waals surface area contributed by atoms with E-state index in [9.17, 15) is 19.2 Å². The SMILES string of the molecule is C=CCOc1c(Br)cc(/C=C2\C(=O)NC(=O)N(c3ccc(C(=O)OC)cc3)C2=O)cc1OCC. The van der Waals surface area contributed by atoms with E-state index < -0.39 is 23.8 Å². The van der Waals surface area contributed by atoms with Gasteiger partial charge in [-0.1, -0.05) is 12.7 Å². The molecule has 1 aliphatic rings. The number of carbonyl (C=O) groups excluding carboxylic acids is 4. The largest absolute Gasteiger partial charge is 0.490 e. The van der Waals surface area contributed by atoms with Crippen molar-refractivity contribution in [3.63, 3.8) is 0 Å². The third-order valence-electron chi connectivity index (χ3n) is 4.64. The second kappa shape index (κ2) is 10.8. The summed E-state index contributed by atoms with van der Waals surface area (Å²) < 4.78 is 16.5. The van der Waals surface area contributed by atoms with Crippen LogP contribution < -0.4 is 19.7 Å². The second-order valence-electron chi connectivity index (χ2n) is 6.86. The van der Waals surface area contributed by atoms with Gasteiger partial charge >= 0.3 is 12.0 Å². The van der Waals surface area contributed by atoms with Crippen LogP contribution in [0.1, 0.15) is 22.8 Å². The Morgan fingerprint density at radius 3 is 2.47 bits per heavy atom. The van der Waals surface area contributed by atoms with Crippen LogP contribution in [0.15, 0.2) is 59.1 Å². The number of nitrogens with zero attached hydrogens (tertiary/aromatic N) is 1. The number of carbonyl (C=O) groups is 4. The van der Waals surface area contributed by atoms with E-state index in [0.717, 1.165) is 4.90 Å². The van der Waals surface area contributed by atoms with Gasteiger partial charge in [0.05, 0.1) is 29.4 Å². The fourth-order valence-corrected chi connectivity index (χ4v) is 3.71. The summed E-state index contributed by atoms with van der Waals surface area (Å²) in [6.45, 7) is 6.05. The van der Waals surface area contributed by atoms with Gasteiger partial charge in [0.15, 0.2) is 11.5 Å². The van der Waals surface area contributed by atoms with Crippen molar-refractivity contribution in [1.29, 1.82) is 0 Å². The first kappa shape index (κ1) is 24.7. The highest BCUT2D eigenvalue weighted by Crippen LogP contribution is 2.38. The van der Waals surface area contributed by atoms with Gasteiger partial charge in [0.25, 0.3) is 11.8 Å². The fraction of sp³-hybridized carbons (Fsp3) is 0.167. The minimum atomic E-state index is -0.901. The van der Waals surface area contributed by atoms with E-state index in [1.165, 1.54) is 37.5 Å². The van der Waals surface area contributed by atoms with E-state index in [4.69, 9.17) is 9.47 Å². The van der Waals surface area contributed by atoms with Gasteiger partial charge in [-0.25, -0.2) is 14.5 Å². The lowest BCUT2D eigenvalue weighted by molar-refractivity contribution is -0.122. The number of rotatable bonds is 8. The van der Waals surface area contributed by atoms with Crippen LogP contribution in [-0.4, -0.2) is 44.1 Å². The highest BCUT2D eigenvalue weighted by Gasteiger charge is 2.37. The number of anilines is 1. The molecule has 0 spiro atoms. The highest BCUT2D eigenvalue weighted by molar-refractivity contribution is 9.10. The summed E-state index contributed by atoms with van der Waals surface area (Å²) in [5.74, 6) is -1.36. The summed E-state index contributed by atoms with van der Waals surface area (Å²) >= 11 is 3.42. The van der Waals surface area contributed by atoms with Crippen molar-refractivity contribution in [1.82, 2.24) is 5.32 Å². The highest BCUT2D eigenvalue weighted by atomic mass is 79.9. The number of urea groups is 1. The molecule has 1 aliphatic heterocycles. The van der Waals surface area contributed by atoms with Gasteiger partial charge in [-0.3, -0.25) is 14.9 Å². The van der Waals surface area contributed by atoms with E-state index in [-0.39, 0.29) is 23.4 Å². The number of amides is 4. The number of imide groups is 2. The molecule has 0 unspecified atom stereocenters. The number of methoxy groups -OCH3 is 1. The molecule has 4 amide bonds. The summed E-state index contributed by atoms with van der Waals surface area (Å²) in [6, 6.07) is 8.01. The fourth-order valence-electron chi connectivity index (χ4n) is 3.14. The molecule has 0 aromatic heterocycles. The predicted molar refractivity (Wildman–Crippen MR) is 128 cm³/mol. The van der Waals surface area contributed by atoms with Gasteiger partial charge in [-0.2, -0.15) is 0 Å². The number of ether oxygens (including phenoxy) is 3. The predicted octanol–water partition coefficient (Wildman–Crippen LogP) is 3.87. The lowest BCUT2D eigenvalue weighted by Crippen LogP contribution is -2.54. The standard InChI is InChI=1S/C24H21BrN2O7/c1-4-10-34-20-18(25)12-14(13-19(20)33-5-2)11-17-21(28)26-24(31)27(22(17)29)16-8-6-15(7-9-16)23(30)32-3/h4,6-9,11-13H,1,5,10H2,2-3H3,(H,26,28,31)/b17-11+. The molecule has 2 aromatic carbocycles. The Hall–Kier alpha value is -3.92. The maximum absolute atomic E-state index is 13.1. The average Bonchev–Trinajstić information content (AvgIpc) is 2.81. The number of esters is 1. The first-order valence-corrected chi connectivity index (χ1v) is 10.9. The maximum Gasteiger partial charge on any atom is 0.337 e. The molecular weight excluding hydrogens is 508 g/mol. The summed E-state index contributed by atoms with van der Waals surface area (Å²) in [5.41, 5.74) is 0.633. The van der Waals surface area contributed by atoms with Crippen LogP contribution in [0, 0.1) is 0 Å². The Morgan fingerprint density at radius 2 is 1.85 bits per heavy atom. The van der Waals surface area contributed by atoms with E-state index >= 15 is 0 Å². The van der Waals surface area contributed by atoms with Crippen LogP contribution >= 0.6 is 15.9 Å². The molecule has 0 saturated carbocycles. The van der Waals surface area contributed by atoms with Crippen molar-refractivity contribution < 1.29 is 33.4 Å². The molecule has 0 bridgehead atoms. The Bertz CT molecular complexity index is 1190. The van der Waals surface area contributed by atoms with Crippen molar-refractivity contribution in [3.05, 3.63) is 70.2 Å². The molecule has 2 aromatic rings. The first-order valence-electron chi connectivity index (χ1n) is 10.1. The molecule has 1 heterocycles. The van der Waals surface area contributed by atoms with Gasteiger partial charge in [-0.15, -0.1) is 0 Å². The van der Waals surface area contributed by atoms with Crippen LogP contribution in [-0.2, 0) is 14.3 Å². The molecule has 0 radical (unpaired) electrons. The quantitative estimate of drug-likeness (QED) is 0.239. The topological polar surface area (TPSA) is 111 Å². The summed E-state index contributed by atoms with van der Waals surface area (Å²) in [7, 11) is 1.24. The molecule has 1 N–H and O–H groups in total. The lowest BCUT2D eigenvalue weighted by Gasteiger charge is -2.26. The number of halogens is 1. The van der Waals surface area contributed by atoms with Crippen LogP contribution in [0.4, 0.5) is 10.5 Å². The Balaban J connectivity index is 1.99. The molecule has 176 valence electrons. The van der Waals surface area contributed by atoms with E-state index in [0.29, 0.717) is 28.1 Å². The van der Waals surface area contributed by atoms with Gasteiger partial charge in [0, 0.05) is 0 Å². The summed E-state index contributed by atoms with van der Waals surface area (Å²) in [6.07, 6.45) is 2.94. The monoisotopic (exact) mass is 528 g/mol. The van der Waals surface area contributed by atoms with Gasteiger partial charge in [0.1, 0.15) is 12.2 Å². The van der Waals surface area contributed by atoms with E-state index in [1.54, 1.807) is 18.2 Å². The minimum Gasteiger partial charge on any atom is -0.490 e. The Morgan fingerprint density at radius 1 is 1.15 bits per heavy atom. The third kappa shape index (κ3) is 5.18. The number of nitrogens with one attached hydrogen (secondary N) is 1. The zero-order valence-electron chi connectivity index (χ0n) is 18.4. The van der Waals surface area contributed by atoms with Gasteiger partial charge < -0.3 is 14.2 Å². The molecule has 9 nitrogen and oxygen atoms in total. The van der Waals surface area contributed by atoms with E-state index in [1.807, 2.05) is 6.92 Å². The number of benzene rings is 2. The molecule has 1 saturated heterocycles. The minimum absolute atomic E-state index is 0.179. The van der Waals surface area contributed by atoms with Crippen LogP contribution in [0.5, 0.6) is 11.5 Å². The van der Waals surface area contributed by atoms with E-state index in [2.05, 4.69) is 32.6 Å². The maximum atomic E-state index is 13.1. The van der Waals surface area contributed by atoms with Gasteiger partial charge in [-0.05, 0) is 70.9 Å². The van der Waals surface area contributed by atoms with Crippen LogP contribution in [0.25, 0.3) is 6.08 Å². The summed E-state index contributed by atoms with van der Waals surface area (Å²) in [4.78, 5) is 50.5. The second-order valence-corrected chi connectivity index (χ2v) is 7.71. The van der Waals surface area contributed by atoms with Crippen molar-refractivity contribution >= 4 is 51.5 Å². The normalized spacial score (nSPS) is 14.6. The molecule has 1 fully saturated rings. The summed E-state index contributed by atoms with van der Waals surface area (Å²) in [5, 5.41) is 2.16. The Labute approximate surface area is 204 Å². The molecule has 10 heteroatoms. The smallest absolute Gasteiger partial charge is 0.337 e. The zero-order chi connectivity index (χ0) is 24.8. The van der Waals surface area contributed by atoms with Gasteiger partial charge in [0.2, 0.25) is 0 Å². The van der Waals surface area contributed by atoms with Crippen molar-refractivity contribution in [2.75, 3.05) is 25.2 Å². The van der Waals surface area contributed by atoms with Crippen LogP contribution in [0.2, 0.25) is 0 Å². The number of barbiturate groups is 1. The third-order valence-corrected chi connectivity index (χ3v) is 5.23. The lowest BCUT2D eigenvalue weighted by atomic mass is 10.1. The molecule has 34 heavy (non-hydrogen) atoms. The first-order chi connectivity index (χ1) is 16.3. The Kier molecular flexibility index (Phi) is 7.85. The van der Waals surface area contributed by atoms with Crippen molar-refractivity contribution in [2.45, 2.75) is 6.92 Å². The van der Waals surface area contributed by atoms with Crippen LogP contribution in [0.3, 0.4) is 0 Å².